The molecule has 10 heteroatoms. The zero-order valence-corrected chi connectivity index (χ0v) is 17.7. The zero-order chi connectivity index (χ0) is 21.9. The molecule has 1 aromatic heterocycles. The number of benzene rings is 2. The summed E-state index contributed by atoms with van der Waals surface area (Å²) in [5.41, 5.74) is 5.12. The minimum Gasteiger partial charge on any atom is -0.267 e. The van der Waals surface area contributed by atoms with Crippen LogP contribution in [0, 0.1) is 0 Å². The fourth-order valence-electron chi connectivity index (χ4n) is 2.66. The number of nitrogens with one attached hydrogen (secondary N) is 3. The van der Waals surface area contributed by atoms with Crippen LogP contribution in [0.4, 0.5) is 0 Å². The average molecular weight is 447 g/mol. The number of para-hydroxylation sites is 1. The van der Waals surface area contributed by atoms with Crippen molar-refractivity contribution in [3.05, 3.63) is 70.9 Å². The monoisotopic (exact) mass is 446 g/mol. The number of pyridine rings is 1. The summed E-state index contributed by atoms with van der Waals surface area (Å²) in [4.78, 5) is 28.9. The molecule has 3 N–H and O–H groups in total. The highest BCUT2D eigenvalue weighted by Crippen LogP contribution is 2.20. The molecule has 1 heterocycles. The Hall–Kier alpha value is -3.01. The molecule has 156 valence electrons. The number of fused-ring (bicyclic) bond motifs is 1. The zero-order valence-electron chi connectivity index (χ0n) is 16.1. The molecular weight excluding hydrogens is 428 g/mol. The van der Waals surface area contributed by atoms with E-state index >= 15 is 0 Å². The summed E-state index contributed by atoms with van der Waals surface area (Å²) in [6.07, 6.45) is 0. The molecular formula is C20H19ClN4O4S. The predicted molar refractivity (Wildman–Crippen MR) is 114 cm³/mol. The molecule has 0 atom stereocenters. The van der Waals surface area contributed by atoms with E-state index in [4.69, 9.17) is 11.6 Å². The van der Waals surface area contributed by atoms with Gasteiger partial charge in [0.2, 0.25) is 10.0 Å². The SMILES string of the molecule is CC(C)NS(=O)(=O)c1ccc(Cl)c(C(=O)NNC(=O)c2ccc3ccccc3n2)c1. The van der Waals surface area contributed by atoms with Crippen molar-refractivity contribution in [3.8, 4) is 0 Å². The first-order valence-corrected chi connectivity index (χ1v) is 10.8. The Labute approximate surface area is 178 Å². The van der Waals surface area contributed by atoms with E-state index in [-0.39, 0.29) is 27.2 Å². The summed E-state index contributed by atoms with van der Waals surface area (Å²) in [7, 11) is -3.81. The minimum absolute atomic E-state index is 0.0362. The molecule has 30 heavy (non-hydrogen) atoms. The highest BCUT2D eigenvalue weighted by Gasteiger charge is 2.20. The van der Waals surface area contributed by atoms with Crippen molar-refractivity contribution in [1.82, 2.24) is 20.6 Å². The van der Waals surface area contributed by atoms with Gasteiger partial charge in [-0.25, -0.2) is 18.1 Å². The van der Waals surface area contributed by atoms with E-state index in [9.17, 15) is 18.0 Å². The maximum atomic E-state index is 12.5. The van der Waals surface area contributed by atoms with Gasteiger partial charge in [0.15, 0.2) is 0 Å². The number of hydrogen-bond acceptors (Lipinski definition) is 5. The van der Waals surface area contributed by atoms with E-state index < -0.39 is 21.8 Å². The van der Waals surface area contributed by atoms with Gasteiger partial charge in [-0.05, 0) is 44.2 Å². The summed E-state index contributed by atoms with van der Waals surface area (Å²) < 4.78 is 27.1. The Kier molecular flexibility index (Phi) is 6.35. The van der Waals surface area contributed by atoms with Crippen LogP contribution >= 0.6 is 11.6 Å². The number of carbonyl (C=O) groups is 2. The molecule has 0 spiro atoms. The number of rotatable bonds is 5. The lowest BCUT2D eigenvalue weighted by Gasteiger charge is -2.12. The predicted octanol–water partition coefficient (Wildman–Crippen LogP) is 2.65. The number of hydrogen-bond donors (Lipinski definition) is 3. The van der Waals surface area contributed by atoms with Crippen molar-refractivity contribution in [1.29, 1.82) is 0 Å². The van der Waals surface area contributed by atoms with Crippen LogP contribution in [0.25, 0.3) is 10.9 Å². The number of hydrazine groups is 1. The molecule has 0 radical (unpaired) electrons. The molecule has 0 aliphatic heterocycles. The van der Waals surface area contributed by atoms with Gasteiger partial charge in [0.1, 0.15) is 5.69 Å². The van der Waals surface area contributed by atoms with Crippen LogP contribution in [0.15, 0.2) is 59.5 Å². The first-order chi connectivity index (χ1) is 14.2. The van der Waals surface area contributed by atoms with Gasteiger partial charge in [-0.2, -0.15) is 0 Å². The number of amides is 2. The van der Waals surface area contributed by atoms with Crippen LogP contribution in [-0.2, 0) is 10.0 Å². The molecule has 0 aliphatic rings. The topological polar surface area (TPSA) is 117 Å². The number of carbonyl (C=O) groups excluding carboxylic acids is 2. The maximum Gasteiger partial charge on any atom is 0.288 e. The number of aromatic nitrogens is 1. The molecule has 0 saturated heterocycles. The Balaban J connectivity index is 1.75. The van der Waals surface area contributed by atoms with E-state index in [0.29, 0.717) is 5.52 Å². The summed E-state index contributed by atoms with van der Waals surface area (Å²) in [6.45, 7) is 3.36. The van der Waals surface area contributed by atoms with Gasteiger partial charge in [-0.3, -0.25) is 20.4 Å². The number of sulfonamides is 1. The first-order valence-electron chi connectivity index (χ1n) is 8.96. The fraction of sp³-hybridized carbons (Fsp3) is 0.150. The van der Waals surface area contributed by atoms with Crippen LogP contribution in [-0.4, -0.2) is 31.3 Å². The fourth-order valence-corrected chi connectivity index (χ4v) is 4.14. The third kappa shape index (κ3) is 4.93. The Bertz CT molecular complexity index is 1230. The van der Waals surface area contributed by atoms with Gasteiger partial charge in [0.25, 0.3) is 11.8 Å². The third-order valence-corrected chi connectivity index (χ3v) is 5.99. The lowest BCUT2D eigenvalue weighted by molar-refractivity contribution is 0.0844. The molecule has 0 aliphatic carbocycles. The Morgan fingerprint density at radius 1 is 0.967 bits per heavy atom. The van der Waals surface area contributed by atoms with Gasteiger partial charge in [-0.15, -0.1) is 0 Å². The molecule has 0 bridgehead atoms. The van der Waals surface area contributed by atoms with E-state index in [2.05, 4.69) is 20.6 Å². The highest BCUT2D eigenvalue weighted by molar-refractivity contribution is 7.89. The van der Waals surface area contributed by atoms with Gasteiger partial charge >= 0.3 is 0 Å². The Morgan fingerprint density at radius 2 is 1.67 bits per heavy atom. The highest BCUT2D eigenvalue weighted by atomic mass is 35.5. The van der Waals surface area contributed by atoms with E-state index in [0.717, 1.165) is 11.5 Å². The van der Waals surface area contributed by atoms with Gasteiger partial charge in [0, 0.05) is 11.4 Å². The number of halogens is 1. The maximum absolute atomic E-state index is 12.5. The summed E-state index contributed by atoms with van der Waals surface area (Å²) in [6, 6.07) is 14.0. The van der Waals surface area contributed by atoms with Crippen molar-refractivity contribution in [3.63, 3.8) is 0 Å². The third-order valence-electron chi connectivity index (χ3n) is 4.00. The quantitative estimate of drug-likeness (QED) is 0.521. The summed E-state index contributed by atoms with van der Waals surface area (Å²) in [5, 5.41) is 0.909. The van der Waals surface area contributed by atoms with Crippen molar-refractivity contribution in [2.45, 2.75) is 24.8 Å². The molecule has 0 unspecified atom stereocenters. The molecule has 0 saturated carbocycles. The van der Waals surface area contributed by atoms with E-state index in [1.165, 1.54) is 18.2 Å². The summed E-state index contributed by atoms with van der Waals surface area (Å²) in [5.74, 6) is -1.40. The van der Waals surface area contributed by atoms with Crippen molar-refractivity contribution in [2.24, 2.45) is 0 Å². The van der Waals surface area contributed by atoms with Crippen LogP contribution < -0.4 is 15.6 Å². The van der Waals surface area contributed by atoms with Crippen molar-refractivity contribution < 1.29 is 18.0 Å². The van der Waals surface area contributed by atoms with Gasteiger partial charge < -0.3 is 0 Å². The van der Waals surface area contributed by atoms with Gasteiger partial charge in [0.05, 0.1) is 21.0 Å². The second kappa shape index (κ2) is 8.78. The molecule has 2 aromatic carbocycles. The second-order valence-corrected chi connectivity index (χ2v) is 8.84. The second-order valence-electron chi connectivity index (χ2n) is 6.72. The molecule has 2 amide bonds. The van der Waals surface area contributed by atoms with Crippen LogP contribution in [0.1, 0.15) is 34.7 Å². The van der Waals surface area contributed by atoms with E-state index in [1.807, 2.05) is 12.1 Å². The van der Waals surface area contributed by atoms with Crippen molar-refractivity contribution in [2.75, 3.05) is 0 Å². The van der Waals surface area contributed by atoms with Crippen LogP contribution in [0.2, 0.25) is 5.02 Å². The van der Waals surface area contributed by atoms with Crippen LogP contribution in [0.3, 0.4) is 0 Å². The molecule has 3 aromatic rings. The lowest BCUT2D eigenvalue weighted by Crippen LogP contribution is -2.42. The first kappa shape index (κ1) is 21.7. The number of nitrogens with zero attached hydrogens (tertiary/aromatic N) is 1. The van der Waals surface area contributed by atoms with Crippen LogP contribution in [0.5, 0.6) is 0 Å². The van der Waals surface area contributed by atoms with Crippen molar-refractivity contribution >= 4 is 44.3 Å². The standard InChI is InChI=1S/C20H19ClN4O4S/c1-12(2)25-30(28,29)14-8-9-16(21)15(11-14)19(26)23-24-20(27)18-10-7-13-5-3-4-6-17(13)22-18/h3-12,25H,1-2H3,(H,23,26)(H,24,27). The molecule has 0 fully saturated rings. The normalized spacial score (nSPS) is 11.5. The van der Waals surface area contributed by atoms with Gasteiger partial charge in [-0.1, -0.05) is 35.9 Å². The summed E-state index contributed by atoms with van der Waals surface area (Å²) >= 11 is 6.04. The minimum atomic E-state index is -3.81. The molecule has 8 nitrogen and oxygen atoms in total. The lowest BCUT2D eigenvalue weighted by atomic mass is 10.2. The van der Waals surface area contributed by atoms with E-state index in [1.54, 1.807) is 32.0 Å². The average Bonchev–Trinajstić information content (AvgIpc) is 2.70. The largest absolute Gasteiger partial charge is 0.288 e. The Morgan fingerprint density at radius 3 is 2.40 bits per heavy atom. The molecule has 3 rings (SSSR count). The smallest absolute Gasteiger partial charge is 0.267 e.